The summed E-state index contributed by atoms with van der Waals surface area (Å²) in [5.74, 6) is 0.222. The summed E-state index contributed by atoms with van der Waals surface area (Å²) < 4.78 is 0. The molecule has 0 aliphatic heterocycles. The molecule has 0 saturated carbocycles. The van der Waals surface area contributed by atoms with Crippen LogP contribution in [0.1, 0.15) is 16.4 Å². The van der Waals surface area contributed by atoms with Crippen LogP contribution >= 0.6 is 11.8 Å². The Morgan fingerprint density at radius 2 is 1.33 bits per heavy atom. The molecule has 0 fully saturated rings. The summed E-state index contributed by atoms with van der Waals surface area (Å²) in [7, 11) is 0. The van der Waals surface area contributed by atoms with Gasteiger partial charge in [-0.05, 0) is 23.3 Å². The predicted molar refractivity (Wildman–Crippen MR) is 86.5 cm³/mol. The number of thioether (sulfide) groups is 1. The molecule has 0 amide bonds. The molecule has 1 aromatic heterocycles. The summed E-state index contributed by atoms with van der Waals surface area (Å²) in [6, 6.07) is 24.0. The largest absolute Gasteiger partial charge is 0.505 e. The van der Waals surface area contributed by atoms with Crippen molar-refractivity contribution in [3.63, 3.8) is 0 Å². The Morgan fingerprint density at radius 3 is 1.86 bits per heavy atom. The first-order valence-corrected chi connectivity index (χ1v) is 7.63. The van der Waals surface area contributed by atoms with Gasteiger partial charge in [-0.15, -0.1) is 0 Å². The normalized spacial score (nSPS) is 10.7. The van der Waals surface area contributed by atoms with Crippen LogP contribution in [0.25, 0.3) is 0 Å². The highest BCUT2D eigenvalue weighted by molar-refractivity contribution is 7.99. The minimum Gasteiger partial charge on any atom is -0.505 e. The van der Waals surface area contributed by atoms with Crippen molar-refractivity contribution in [3.05, 3.63) is 90.1 Å². The lowest BCUT2D eigenvalue weighted by atomic mass is 10.0. The van der Waals surface area contributed by atoms with E-state index in [1.54, 1.807) is 30.1 Å². The minimum absolute atomic E-state index is 0.105. The summed E-state index contributed by atoms with van der Waals surface area (Å²) >= 11 is 1.56. The molecule has 3 aromatic rings. The molecular weight excluding hydrogens is 278 g/mol. The molecule has 3 heteroatoms. The van der Waals surface area contributed by atoms with Crippen molar-refractivity contribution in [2.75, 3.05) is 0 Å². The number of nitrogens with zero attached hydrogens (tertiary/aromatic N) is 1. The van der Waals surface area contributed by atoms with Gasteiger partial charge in [0.1, 0.15) is 10.8 Å². The van der Waals surface area contributed by atoms with Crippen molar-refractivity contribution in [3.8, 4) is 5.75 Å². The third-order valence-electron chi connectivity index (χ3n) is 3.19. The van der Waals surface area contributed by atoms with Crippen LogP contribution in [0.3, 0.4) is 0 Å². The molecule has 1 N–H and O–H groups in total. The summed E-state index contributed by atoms with van der Waals surface area (Å²) in [5, 5.41) is 10.7. The van der Waals surface area contributed by atoms with E-state index in [4.69, 9.17) is 0 Å². The van der Waals surface area contributed by atoms with Gasteiger partial charge in [0.2, 0.25) is 0 Å². The second kappa shape index (κ2) is 6.46. The molecule has 2 nitrogen and oxygen atoms in total. The standard InChI is InChI=1S/C18H15NOS/c20-16-12-7-13-19-18(16)21-17(14-8-3-1-4-9-14)15-10-5-2-6-11-15/h1-13,17,20H. The molecular formula is C18H15NOS. The van der Waals surface area contributed by atoms with Gasteiger partial charge < -0.3 is 5.11 Å². The highest BCUT2D eigenvalue weighted by atomic mass is 32.2. The van der Waals surface area contributed by atoms with Gasteiger partial charge in [-0.1, -0.05) is 72.4 Å². The Bertz CT molecular complexity index is 661. The molecule has 2 aromatic carbocycles. The third kappa shape index (κ3) is 3.26. The molecule has 0 saturated heterocycles. The topological polar surface area (TPSA) is 33.1 Å². The Labute approximate surface area is 128 Å². The zero-order valence-electron chi connectivity index (χ0n) is 11.4. The number of aromatic hydroxyl groups is 1. The van der Waals surface area contributed by atoms with Crippen LogP contribution in [-0.2, 0) is 0 Å². The van der Waals surface area contributed by atoms with Crippen LogP contribution in [0.5, 0.6) is 5.75 Å². The van der Waals surface area contributed by atoms with Crippen molar-refractivity contribution in [2.24, 2.45) is 0 Å². The average Bonchev–Trinajstić information content (AvgIpc) is 2.56. The fourth-order valence-corrected chi connectivity index (χ4v) is 3.29. The summed E-state index contributed by atoms with van der Waals surface area (Å²) in [5.41, 5.74) is 2.39. The first-order valence-electron chi connectivity index (χ1n) is 6.75. The molecule has 3 rings (SSSR count). The fourth-order valence-electron chi connectivity index (χ4n) is 2.17. The monoisotopic (exact) mass is 293 g/mol. The molecule has 104 valence electrons. The van der Waals surface area contributed by atoms with E-state index >= 15 is 0 Å². The fraction of sp³-hybridized carbons (Fsp3) is 0.0556. The summed E-state index contributed by atoms with van der Waals surface area (Å²) in [6.45, 7) is 0. The van der Waals surface area contributed by atoms with Gasteiger partial charge in [-0.2, -0.15) is 0 Å². The number of benzene rings is 2. The van der Waals surface area contributed by atoms with Crippen molar-refractivity contribution in [1.82, 2.24) is 4.98 Å². The molecule has 0 atom stereocenters. The predicted octanol–water partition coefficient (Wildman–Crippen LogP) is 4.67. The van der Waals surface area contributed by atoms with E-state index < -0.39 is 0 Å². The van der Waals surface area contributed by atoms with Crippen LogP contribution in [0.4, 0.5) is 0 Å². The second-order valence-corrected chi connectivity index (χ2v) is 5.74. The first-order chi connectivity index (χ1) is 10.3. The molecule has 1 heterocycles. The van der Waals surface area contributed by atoms with E-state index in [1.807, 2.05) is 36.4 Å². The molecule has 0 bridgehead atoms. The number of rotatable bonds is 4. The minimum atomic E-state index is 0.105. The molecule has 0 unspecified atom stereocenters. The van der Waals surface area contributed by atoms with Crippen LogP contribution in [0.15, 0.2) is 84.0 Å². The maximum Gasteiger partial charge on any atom is 0.147 e. The first kappa shape index (κ1) is 13.7. The Balaban J connectivity index is 1.99. The highest BCUT2D eigenvalue weighted by Crippen LogP contribution is 2.42. The molecule has 21 heavy (non-hydrogen) atoms. The van der Waals surface area contributed by atoms with E-state index in [0.717, 1.165) is 0 Å². The van der Waals surface area contributed by atoms with E-state index in [2.05, 4.69) is 29.2 Å². The SMILES string of the molecule is Oc1cccnc1SC(c1ccccc1)c1ccccc1. The zero-order valence-corrected chi connectivity index (χ0v) is 12.2. The maximum atomic E-state index is 9.97. The van der Waals surface area contributed by atoms with Crippen LogP contribution < -0.4 is 0 Å². The number of hydrogen-bond donors (Lipinski definition) is 1. The van der Waals surface area contributed by atoms with Crippen molar-refractivity contribution in [1.29, 1.82) is 0 Å². The summed E-state index contributed by atoms with van der Waals surface area (Å²) in [4.78, 5) is 4.28. The number of hydrogen-bond acceptors (Lipinski definition) is 3. The maximum absolute atomic E-state index is 9.97. The van der Waals surface area contributed by atoms with Gasteiger partial charge in [-0.3, -0.25) is 0 Å². The zero-order chi connectivity index (χ0) is 14.5. The van der Waals surface area contributed by atoms with E-state index in [1.165, 1.54) is 11.1 Å². The average molecular weight is 293 g/mol. The molecule has 0 aliphatic carbocycles. The lowest BCUT2D eigenvalue weighted by molar-refractivity contribution is 0.456. The lowest BCUT2D eigenvalue weighted by Crippen LogP contribution is -1.97. The number of aromatic nitrogens is 1. The number of pyridine rings is 1. The van der Waals surface area contributed by atoms with E-state index in [-0.39, 0.29) is 11.0 Å². The van der Waals surface area contributed by atoms with Crippen molar-refractivity contribution in [2.45, 2.75) is 10.3 Å². The van der Waals surface area contributed by atoms with Crippen LogP contribution in [0.2, 0.25) is 0 Å². The van der Waals surface area contributed by atoms with Crippen molar-refractivity contribution >= 4 is 11.8 Å². The lowest BCUT2D eigenvalue weighted by Gasteiger charge is -2.17. The Hall–Kier alpha value is -2.26. The quantitative estimate of drug-likeness (QED) is 0.710. The van der Waals surface area contributed by atoms with Gasteiger partial charge in [0.05, 0.1) is 5.25 Å². The Kier molecular flexibility index (Phi) is 4.22. The van der Waals surface area contributed by atoms with E-state index in [9.17, 15) is 5.11 Å². The summed E-state index contributed by atoms with van der Waals surface area (Å²) in [6.07, 6.45) is 1.70. The van der Waals surface area contributed by atoms with Gasteiger partial charge in [0, 0.05) is 6.20 Å². The Morgan fingerprint density at radius 1 is 0.762 bits per heavy atom. The molecule has 0 radical (unpaired) electrons. The van der Waals surface area contributed by atoms with Gasteiger partial charge in [-0.25, -0.2) is 4.98 Å². The van der Waals surface area contributed by atoms with Gasteiger partial charge in [0.15, 0.2) is 0 Å². The van der Waals surface area contributed by atoms with Gasteiger partial charge >= 0.3 is 0 Å². The smallest absolute Gasteiger partial charge is 0.147 e. The van der Waals surface area contributed by atoms with Gasteiger partial charge in [0.25, 0.3) is 0 Å². The van der Waals surface area contributed by atoms with Crippen LogP contribution in [0, 0.1) is 0 Å². The molecule has 0 spiro atoms. The highest BCUT2D eigenvalue weighted by Gasteiger charge is 2.17. The third-order valence-corrected chi connectivity index (χ3v) is 4.50. The second-order valence-electron chi connectivity index (χ2n) is 4.65. The van der Waals surface area contributed by atoms with Crippen molar-refractivity contribution < 1.29 is 5.11 Å². The van der Waals surface area contributed by atoms with E-state index in [0.29, 0.717) is 5.03 Å². The van der Waals surface area contributed by atoms with Crippen LogP contribution in [-0.4, -0.2) is 10.1 Å². The molecule has 0 aliphatic rings.